The number of aliphatic hydroxyl groups excluding tert-OH is 1. The fourth-order valence-electron chi connectivity index (χ4n) is 2.09. The summed E-state index contributed by atoms with van der Waals surface area (Å²) in [6.45, 7) is 0.273. The molecule has 1 heterocycles. The van der Waals surface area contributed by atoms with Crippen molar-refractivity contribution in [2.75, 3.05) is 25.6 Å². The molecule has 1 aromatic carbocycles. The van der Waals surface area contributed by atoms with E-state index in [9.17, 15) is 18.3 Å². The molecular formula is C13H18N2O5S. The van der Waals surface area contributed by atoms with Gasteiger partial charge < -0.3 is 15.2 Å². The fraction of sp³-hybridized carbons (Fsp3) is 0.462. The minimum atomic E-state index is -3.65. The van der Waals surface area contributed by atoms with E-state index < -0.39 is 16.1 Å². The number of nitrogens with one attached hydrogen (secondary N) is 2. The van der Waals surface area contributed by atoms with Crippen molar-refractivity contribution in [2.45, 2.75) is 23.8 Å². The molecule has 3 N–H and O–H groups in total. The van der Waals surface area contributed by atoms with Gasteiger partial charge in [-0.05, 0) is 30.2 Å². The second kappa shape index (κ2) is 6.52. The monoisotopic (exact) mass is 314 g/mol. The van der Waals surface area contributed by atoms with Crippen LogP contribution in [-0.2, 0) is 26.0 Å². The number of hydrogen-bond donors (Lipinski definition) is 3. The molecule has 7 nitrogen and oxygen atoms in total. The van der Waals surface area contributed by atoms with Crippen LogP contribution in [0.2, 0.25) is 0 Å². The number of hydrogen-bond acceptors (Lipinski definition) is 5. The maximum Gasteiger partial charge on any atom is 0.240 e. The number of ether oxygens (including phenoxy) is 1. The van der Waals surface area contributed by atoms with E-state index in [-0.39, 0.29) is 36.8 Å². The van der Waals surface area contributed by atoms with Crippen LogP contribution in [-0.4, -0.2) is 45.8 Å². The van der Waals surface area contributed by atoms with E-state index in [0.717, 1.165) is 0 Å². The molecule has 0 radical (unpaired) electrons. The molecule has 0 fully saturated rings. The fourth-order valence-corrected chi connectivity index (χ4v) is 3.19. The van der Waals surface area contributed by atoms with E-state index >= 15 is 0 Å². The summed E-state index contributed by atoms with van der Waals surface area (Å²) in [5.41, 5.74) is 1.32. The molecule has 0 spiro atoms. The Labute approximate surface area is 123 Å². The summed E-state index contributed by atoms with van der Waals surface area (Å²) >= 11 is 0. The molecule has 1 atom stereocenters. The summed E-state index contributed by atoms with van der Waals surface area (Å²) in [7, 11) is -2.19. The van der Waals surface area contributed by atoms with Crippen LogP contribution in [0.3, 0.4) is 0 Å². The van der Waals surface area contributed by atoms with E-state index in [0.29, 0.717) is 11.3 Å². The quantitative estimate of drug-likeness (QED) is 0.649. The number of sulfonamides is 1. The van der Waals surface area contributed by atoms with Gasteiger partial charge in [-0.2, -0.15) is 0 Å². The van der Waals surface area contributed by atoms with Crippen molar-refractivity contribution in [3.63, 3.8) is 0 Å². The first kappa shape index (κ1) is 15.9. The van der Waals surface area contributed by atoms with Crippen molar-refractivity contribution in [1.82, 2.24) is 4.72 Å². The zero-order valence-corrected chi connectivity index (χ0v) is 12.4. The van der Waals surface area contributed by atoms with Crippen LogP contribution in [0.5, 0.6) is 0 Å². The van der Waals surface area contributed by atoms with Crippen molar-refractivity contribution in [3.8, 4) is 0 Å². The molecule has 1 aliphatic rings. The minimum Gasteiger partial charge on any atom is -0.391 e. The van der Waals surface area contributed by atoms with E-state index in [1.54, 1.807) is 6.07 Å². The number of methoxy groups -OCH3 is 1. The first-order valence-corrected chi connectivity index (χ1v) is 8.00. The van der Waals surface area contributed by atoms with Crippen molar-refractivity contribution in [2.24, 2.45) is 0 Å². The predicted octanol–water partition coefficient (Wildman–Crippen LogP) is -0.143. The topological polar surface area (TPSA) is 105 Å². The Morgan fingerprint density at radius 2 is 2.24 bits per heavy atom. The Balaban J connectivity index is 2.00. The van der Waals surface area contributed by atoms with Gasteiger partial charge in [-0.25, -0.2) is 13.1 Å². The lowest BCUT2D eigenvalue weighted by Crippen LogP contribution is -2.28. The molecule has 0 bridgehead atoms. The highest BCUT2D eigenvalue weighted by Crippen LogP contribution is 2.25. The van der Waals surface area contributed by atoms with E-state index in [1.165, 1.54) is 19.2 Å². The third-order valence-corrected chi connectivity index (χ3v) is 4.60. The van der Waals surface area contributed by atoms with Gasteiger partial charge in [0.1, 0.15) is 0 Å². The van der Waals surface area contributed by atoms with Crippen LogP contribution < -0.4 is 10.0 Å². The molecule has 116 valence electrons. The maximum absolute atomic E-state index is 12.1. The third-order valence-electron chi connectivity index (χ3n) is 3.14. The summed E-state index contributed by atoms with van der Waals surface area (Å²) in [5.74, 6) is -0.143. The highest BCUT2D eigenvalue weighted by molar-refractivity contribution is 7.89. The molecule has 0 aliphatic carbocycles. The maximum atomic E-state index is 12.1. The zero-order valence-electron chi connectivity index (χ0n) is 11.6. The zero-order chi connectivity index (χ0) is 15.5. The van der Waals surface area contributed by atoms with Gasteiger partial charge in [0.05, 0.1) is 24.0 Å². The van der Waals surface area contributed by atoms with E-state index in [1.807, 2.05) is 0 Å². The Kier molecular flexibility index (Phi) is 4.94. The Hall–Kier alpha value is -1.48. The number of carbonyl (C=O) groups excluding carboxylic acids is 1. The van der Waals surface area contributed by atoms with E-state index in [2.05, 4.69) is 10.0 Å². The summed E-state index contributed by atoms with van der Waals surface area (Å²) in [6.07, 6.45) is -0.261. The number of fused-ring (bicyclic) bond motifs is 1. The average Bonchev–Trinajstić information content (AvgIpc) is 2.77. The lowest BCUT2D eigenvalue weighted by Gasteiger charge is -2.11. The number of rotatable bonds is 7. The molecule has 2 rings (SSSR count). The summed E-state index contributed by atoms with van der Waals surface area (Å²) in [5, 5.41) is 12.1. The predicted molar refractivity (Wildman–Crippen MR) is 76.5 cm³/mol. The molecule has 1 amide bonds. The van der Waals surface area contributed by atoms with Crippen LogP contribution in [0.15, 0.2) is 23.1 Å². The third kappa shape index (κ3) is 4.01. The normalized spacial score (nSPS) is 15.6. The summed E-state index contributed by atoms with van der Waals surface area (Å²) in [6, 6.07) is 4.51. The van der Waals surface area contributed by atoms with Gasteiger partial charge in [0, 0.05) is 19.3 Å². The Morgan fingerprint density at radius 3 is 2.95 bits per heavy atom. The van der Waals surface area contributed by atoms with Gasteiger partial charge in [-0.3, -0.25) is 4.79 Å². The molecule has 1 aliphatic heterocycles. The number of anilines is 1. The van der Waals surface area contributed by atoms with Crippen LogP contribution in [0, 0.1) is 0 Å². The number of aliphatic hydroxyl groups is 1. The van der Waals surface area contributed by atoms with Gasteiger partial charge in [0.2, 0.25) is 15.9 Å². The van der Waals surface area contributed by atoms with Crippen LogP contribution in [0.1, 0.15) is 12.0 Å². The molecule has 1 aromatic rings. The minimum absolute atomic E-state index is 0.110. The standard InChI is InChI=1S/C13H18N2O5S/c1-20-8-10(16)4-5-14-21(18,19)11-2-3-12-9(6-11)7-13(17)15-12/h2-3,6,10,14,16H,4-5,7-8H2,1H3,(H,15,17). The molecule has 21 heavy (non-hydrogen) atoms. The van der Waals surface area contributed by atoms with Gasteiger partial charge in [0.25, 0.3) is 0 Å². The summed E-state index contributed by atoms with van der Waals surface area (Å²) < 4.78 is 31.4. The molecule has 0 aromatic heterocycles. The molecule has 1 unspecified atom stereocenters. The van der Waals surface area contributed by atoms with Crippen molar-refractivity contribution >= 4 is 21.6 Å². The van der Waals surface area contributed by atoms with Crippen molar-refractivity contribution in [1.29, 1.82) is 0 Å². The van der Waals surface area contributed by atoms with Gasteiger partial charge in [-0.1, -0.05) is 0 Å². The largest absolute Gasteiger partial charge is 0.391 e. The molecule has 8 heteroatoms. The lowest BCUT2D eigenvalue weighted by molar-refractivity contribution is -0.115. The second-order valence-electron chi connectivity index (χ2n) is 4.84. The van der Waals surface area contributed by atoms with Crippen LogP contribution in [0.4, 0.5) is 5.69 Å². The highest BCUT2D eigenvalue weighted by atomic mass is 32.2. The SMILES string of the molecule is COCC(O)CCNS(=O)(=O)c1ccc2c(c1)CC(=O)N2. The first-order valence-electron chi connectivity index (χ1n) is 6.52. The van der Waals surface area contributed by atoms with Gasteiger partial charge in [-0.15, -0.1) is 0 Å². The van der Waals surface area contributed by atoms with Gasteiger partial charge >= 0.3 is 0 Å². The first-order chi connectivity index (χ1) is 9.92. The number of benzene rings is 1. The molecular weight excluding hydrogens is 296 g/mol. The highest BCUT2D eigenvalue weighted by Gasteiger charge is 2.21. The lowest BCUT2D eigenvalue weighted by atomic mass is 10.2. The Morgan fingerprint density at radius 1 is 1.48 bits per heavy atom. The summed E-state index contributed by atoms with van der Waals surface area (Å²) in [4.78, 5) is 11.4. The second-order valence-corrected chi connectivity index (χ2v) is 6.61. The van der Waals surface area contributed by atoms with Crippen molar-refractivity contribution in [3.05, 3.63) is 23.8 Å². The average molecular weight is 314 g/mol. The molecule has 0 saturated carbocycles. The van der Waals surface area contributed by atoms with Crippen LogP contribution in [0.25, 0.3) is 0 Å². The number of carbonyl (C=O) groups is 1. The number of amides is 1. The van der Waals surface area contributed by atoms with Crippen molar-refractivity contribution < 1.29 is 23.1 Å². The van der Waals surface area contributed by atoms with Crippen LogP contribution >= 0.6 is 0 Å². The Bertz CT molecular complexity index is 629. The van der Waals surface area contributed by atoms with E-state index in [4.69, 9.17) is 4.74 Å². The molecule has 0 saturated heterocycles. The smallest absolute Gasteiger partial charge is 0.240 e. The van der Waals surface area contributed by atoms with Gasteiger partial charge in [0.15, 0.2) is 0 Å².